The SMILES string of the molecule is CS(=O)(=O)N1CC[C@@H](Nc2ncc3c(F)cc(-c4cccc(C(F)(F)F)c4)n3n2)[C@H](O)C1. The van der Waals surface area contributed by atoms with Crippen molar-refractivity contribution >= 4 is 21.5 Å². The second-order valence-corrected chi connectivity index (χ2v) is 9.55. The molecule has 0 aliphatic carbocycles. The van der Waals surface area contributed by atoms with Crippen molar-refractivity contribution in [3.8, 4) is 11.3 Å². The van der Waals surface area contributed by atoms with Gasteiger partial charge in [-0.05, 0) is 18.6 Å². The molecule has 32 heavy (non-hydrogen) atoms. The fourth-order valence-corrected chi connectivity index (χ4v) is 4.48. The molecule has 0 unspecified atom stereocenters. The zero-order valence-electron chi connectivity index (χ0n) is 16.7. The van der Waals surface area contributed by atoms with Gasteiger partial charge < -0.3 is 10.4 Å². The first-order valence-corrected chi connectivity index (χ1v) is 11.4. The third kappa shape index (κ3) is 4.40. The van der Waals surface area contributed by atoms with Gasteiger partial charge in [-0.1, -0.05) is 12.1 Å². The maximum Gasteiger partial charge on any atom is 0.416 e. The predicted octanol–water partition coefficient (Wildman–Crippen LogP) is 2.36. The summed E-state index contributed by atoms with van der Waals surface area (Å²) in [6.45, 7) is 0.0792. The van der Waals surface area contributed by atoms with Gasteiger partial charge in [0.05, 0.1) is 35.9 Å². The Morgan fingerprint density at radius 3 is 2.66 bits per heavy atom. The minimum Gasteiger partial charge on any atom is -0.390 e. The topological polar surface area (TPSA) is 99.8 Å². The molecule has 0 spiro atoms. The van der Waals surface area contributed by atoms with E-state index in [4.69, 9.17) is 0 Å². The molecule has 1 fully saturated rings. The third-order valence-electron chi connectivity index (χ3n) is 5.28. The number of aliphatic hydroxyl groups is 1. The number of rotatable bonds is 4. The number of sulfonamides is 1. The van der Waals surface area contributed by atoms with Crippen LogP contribution in [0.3, 0.4) is 0 Å². The molecule has 0 bridgehead atoms. The van der Waals surface area contributed by atoms with Crippen molar-refractivity contribution < 1.29 is 31.1 Å². The van der Waals surface area contributed by atoms with Crippen molar-refractivity contribution in [1.82, 2.24) is 18.9 Å². The number of hydrogen-bond donors (Lipinski definition) is 2. The first-order chi connectivity index (χ1) is 14.9. The lowest BCUT2D eigenvalue weighted by Gasteiger charge is -2.34. The van der Waals surface area contributed by atoms with Crippen molar-refractivity contribution in [3.63, 3.8) is 0 Å². The average molecular weight is 473 g/mol. The Labute approximate surface area is 180 Å². The smallest absolute Gasteiger partial charge is 0.390 e. The van der Waals surface area contributed by atoms with Gasteiger partial charge in [0.25, 0.3) is 0 Å². The molecule has 1 aromatic carbocycles. The van der Waals surface area contributed by atoms with Gasteiger partial charge in [-0.15, -0.1) is 5.10 Å². The van der Waals surface area contributed by atoms with Crippen molar-refractivity contribution in [1.29, 1.82) is 0 Å². The fourth-order valence-electron chi connectivity index (χ4n) is 3.62. The first-order valence-electron chi connectivity index (χ1n) is 9.55. The van der Waals surface area contributed by atoms with E-state index in [1.54, 1.807) is 0 Å². The number of nitrogens with one attached hydrogen (secondary N) is 1. The van der Waals surface area contributed by atoms with Crippen LogP contribution in [0.1, 0.15) is 12.0 Å². The summed E-state index contributed by atoms with van der Waals surface area (Å²) in [6, 6.07) is 4.96. The lowest BCUT2D eigenvalue weighted by Crippen LogP contribution is -2.51. The Hall–Kier alpha value is -2.77. The normalized spacial score (nSPS) is 20.6. The number of fused-ring (bicyclic) bond motifs is 1. The van der Waals surface area contributed by atoms with Crippen LogP contribution in [-0.4, -0.2) is 63.9 Å². The molecule has 2 N–H and O–H groups in total. The highest BCUT2D eigenvalue weighted by Gasteiger charge is 2.33. The molecule has 0 saturated carbocycles. The third-order valence-corrected chi connectivity index (χ3v) is 6.55. The number of β-amino-alcohol motifs (C(OH)–C–C–N with tert-alkyl or cyclic N) is 1. The van der Waals surface area contributed by atoms with Crippen LogP contribution >= 0.6 is 0 Å². The summed E-state index contributed by atoms with van der Waals surface area (Å²) in [5, 5.41) is 17.4. The lowest BCUT2D eigenvalue weighted by atomic mass is 10.0. The minimum absolute atomic E-state index is 0.0122. The number of piperidine rings is 1. The molecule has 4 rings (SSSR count). The molecule has 3 heterocycles. The summed E-state index contributed by atoms with van der Waals surface area (Å²) in [7, 11) is -3.44. The molecule has 13 heteroatoms. The van der Waals surface area contributed by atoms with E-state index in [1.807, 2.05) is 0 Å². The predicted molar refractivity (Wildman–Crippen MR) is 108 cm³/mol. The van der Waals surface area contributed by atoms with Gasteiger partial charge in [0.1, 0.15) is 5.52 Å². The highest BCUT2D eigenvalue weighted by atomic mass is 32.2. The summed E-state index contributed by atoms with van der Waals surface area (Å²) in [6.07, 6.45) is -3.08. The maximum atomic E-state index is 14.4. The Balaban J connectivity index is 1.64. The van der Waals surface area contributed by atoms with E-state index < -0.39 is 39.7 Å². The molecular weight excluding hydrogens is 454 g/mol. The highest BCUT2D eigenvalue weighted by Crippen LogP contribution is 2.33. The van der Waals surface area contributed by atoms with E-state index in [1.165, 1.54) is 18.3 Å². The van der Waals surface area contributed by atoms with E-state index in [-0.39, 0.29) is 42.2 Å². The van der Waals surface area contributed by atoms with Gasteiger partial charge in [0, 0.05) is 24.7 Å². The average Bonchev–Trinajstić information content (AvgIpc) is 3.04. The fraction of sp³-hybridized carbons (Fsp3) is 0.368. The van der Waals surface area contributed by atoms with Crippen LogP contribution in [0.15, 0.2) is 36.5 Å². The number of alkyl halides is 3. The van der Waals surface area contributed by atoms with Crippen molar-refractivity contribution in [2.45, 2.75) is 24.7 Å². The van der Waals surface area contributed by atoms with Crippen LogP contribution in [0.4, 0.5) is 23.5 Å². The Kier molecular flexibility index (Phi) is 5.59. The Bertz CT molecular complexity index is 1260. The molecule has 1 aliphatic rings. The van der Waals surface area contributed by atoms with Crippen LogP contribution in [0, 0.1) is 5.82 Å². The standard InChI is InChI=1S/C19H19F4N5O3S/c1-32(30,31)27-6-5-14(17(29)10-27)25-18-24-9-16-13(20)8-15(28(16)26-18)11-3-2-4-12(7-11)19(21,22)23/h2-4,7-9,14,17,29H,5-6,10H2,1H3,(H,25,26)/t14-,17-/m1/s1. The summed E-state index contributed by atoms with van der Waals surface area (Å²) < 4.78 is 79.3. The quantitative estimate of drug-likeness (QED) is 0.565. The van der Waals surface area contributed by atoms with Crippen LogP contribution in [-0.2, 0) is 16.2 Å². The van der Waals surface area contributed by atoms with E-state index in [0.29, 0.717) is 0 Å². The van der Waals surface area contributed by atoms with Crippen molar-refractivity contribution in [3.05, 3.63) is 47.9 Å². The second kappa shape index (κ2) is 7.98. The summed E-state index contributed by atoms with van der Waals surface area (Å²) >= 11 is 0. The van der Waals surface area contributed by atoms with Gasteiger partial charge in [0.2, 0.25) is 16.0 Å². The van der Waals surface area contributed by atoms with Crippen molar-refractivity contribution in [2.24, 2.45) is 0 Å². The molecule has 8 nitrogen and oxygen atoms in total. The number of nitrogens with zero attached hydrogens (tertiary/aromatic N) is 4. The second-order valence-electron chi connectivity index (χ2n) is 7.56. The zero-order chi connectivity index (χ0) is 23.3. The largest absolute Gasteiger partial charge is 0.416 e. The van der Waals surface area contributed by atoms with Crippen LogP contribution in [0.5, 0.6) is 0 Å². The van der Waals surface area contributed by atoms with Crippen LogP contribution in [0.2, 0.25) is 0 Å². The number of anilines is 1. The van der Waals surface area contributed by atoms with Crippen molar-refractivity contribution in [2.75, 3.05) is 24.7 Å². The van der Waals surface area contributed by atoms with Crippen LogP contribution < -0.4 is 5.32 Å². The number of aliphatic hydroxyl groups excluding tert-OH is 1. The number of hydrogen-bond acceptors (Lipinski definition) is 6. The van der Waals surface area contributed by atoms with E-state index in [0.717, 1.165) is 33.3 Å². The van der Waals surface area contributed by atoms with E-state index in [9.17, 15) is 31.1 Å². The van der Waals surface area contributed by atoms with Gasteiger partial charge in [0.15, 0.2) is 5.82 Å². The zero-order valence-corrected chi connectivity index (χ0v) is 17.5. The highest BCUT2D eigenvalue weighted by molar-refractivity contribution is 7.88. The number of halogens is 4. The molecule has 1 aliphatic heterocycles. The summed E-state index contributed by atoms with van der Waals surface area (Å²) in [5.41, 5.74) is -0.694. The first kappa shape index (κ1) is 22.4. The molecule has 172 valence electrons. The Morgan fingerprint density at radius 1 is 1.25 bits per heavy atom. The summed E-state index contributed by atoms with van der Waals surface area (Å²) in [5.74, 6) is -0.691. The Morgan fingerprint density at radius 2 is 2.00 bits per heavy atom. The molecule has 1 saturated heterocycles. The maximum absolute atomic E-state index is 14.4. The number of aromatic nitrogens is 3. The monoisotopic (exact) mass is 473 g/mol. The lowest BCUT2D eigenvalue weighted by molar-refractivity contribution is -0.137. The minimum atomic E-state index is -4.56. The van der Waals surface area contributed by atoms with Gasteiger partial charge in [-0.3, -0.25) is 0 Å². The molecule has 2 aromatic heterocycles. The van der Waals surface area contributed by atoms with Gasteiger partial charge in [-0.25, -0.2) is 22.3 Å². The molecular formula is C19H19F4N5O3S. The molecule has 3 aromatic rings. The molecule has 0 radical (unpaired) electrons. The summed E-state index contributed by atoms with van der Waals surface area (Å²) in [4.78, 5) is 4.02. The van der Waals surface area contributed by atoms with Gasteiger partial charge >= 0.3 is 6.18 Å². The van der Waals surface area contributed by atoms with E-state index >= 15 is 0 Å². The molecule has 2 atom stereocenters. The number of benzene rings is 1. The van der Waals surface area contributed by atoms with Crippen LogP contribution in [0.25, 0.3) is 16.8 Å². The van der Waals surface area contributed by atoms with E-state index in [2.05, 4.69) is 15.4 Å². The molecule has 0 amide bonds. The van der Waals surface area contributed by atoms with Gasteiger partial charge in [-0.2, -0.15) is 17.5 Å².